The van der Waals surface area contributed by atoms with Gasteiger partial charge in [-0.1, -0.05) is 0 Å². The second-order valence-corrected chi connectivity index (χ2v) is 2.44. The summed E-state index contributed by atoms with van der Waals surface area (Å²) in [6, 6.07) is 1.11. The molecule has 1 saturated carbocycles. The molecule has 0 radical (unpaired) electrons. The van der Waals surface area contributed by atoms with Crippen LogP contribution in [0.3, 0.4) is 0 Å². The van der Waals surface area contributed by atoms with Gasteiger partial charge in [-0.25, -0.2) is 0 Å². The number of hydrogen-bond donors (Lipinski definition) is 2. The molecule has 0 aromatic heterocycles. The van der Waals surface area contributed by atoms with Crippen molar-refractivity contribution in [3.05, 3.63) is 0 Å². The minimum Gasteiger partial charge on any atom is -0.355 e. The summed E-state index contributed by atoms with van der Waals surface area (Å²) >= 11 is 0. The van der Waals surface area contributed by atoms with E-state index in [1.807, 2.05) is 0 Å². The minimum atomic E-state index is 0.461. The van der Waals surface area contributed by atoms with Gasteiger partial charge < -0.3 is 11.5 Å². The predicted octanol–water partition coefficient (Wildman–Crippen LogP) is -0.892. The molecule has 42 valence electrons. The fraction of sp³-hybridized carbons (Fsp3) is 1.00. The van der Waals surface area contributed by atoms with Crippen molar-refractivity contribution >= 4 is 0 Å². The molecule has 1 aliphatic carbocycles. The molecule has 0 aliphatic heterocycles. The molecule has 0 aromatic carbocycles. The molecule has 1 rings (SSSR count). The van der Waals surface area contributed by atoms with Crippen molar-refractivity contribution in [2.45, 2.75) is 31.3 Å². The van der Waals surface area contributed by atoms with Crippen LogP contribution in [-0.2, 0) is 0 Å². The van der Waals surface area contributed by atoms with Gasteiger partial charge in [0, 0.05) is 18.9 Å². The highest BCUT2D eigenvalue weighted by Gasteiger charge is 2.19. The average molecular weight is 101 g/mol. The maximum absolute atomic E-state index is 5.59. The third-order valence-corrected chi connectivity index (χ3v) is 1.58. The summed E-state index contributed by atoms with van der Waals surface area (Å²) in [5.74, 6) is 0. The van der Waals surface area contributed by atoms with Gasteiger partial charge in [0.2, 0.25) is 0 Å². The Morgan fingerprint density at radius 1 is 1.43 bits per heavy atom. The Kier molecular flexibility index (Phi) is 1.30. The normalized spacial score (nSPS) is 42.0. The van der Waals surface area contributed by atoms with Crippen molar-refractivity contribution in [2.75, 3.05) is 0 Å². The Bertz CT molecular complexity index is 55.1. The van der Waals surface area contributed by atoms with Crippen LogP contribution in [0.5, 0.6) is 0 Å². The van der Waals surface area contributed by atoms with Gasteiger partial charge in [-0.3, -0.25) is 0 Å². The summed E-state index contributed by atoms with van der Waals surface area (Å²) in [5, 5.41) is 0. The zero-order valence-corrected chi connectivity index (χ0v) is 4.56. The Morgan fingerprint density at radius 2 is 2.14 bits per heavy atom. The van der Waals surface area contributed by atoms with Crippen molar-refractivity contribution in [1.82, 2.24) is 0 Å². The van der Waals surface area contributed by atoms with Crippen molar-refractivity contribution < 1.29 is 5.73 Å². The lowest BCUT2D eigenvalue weighted by Gasteiger charge is -1.94. The van der Waals surface area contributed by atoms with E-state index in [1.54, 1.807) is 0 Å². The zero-order valence-electron chi connectivity index (χ0n) is 4.56. The Hall–Kier alpha value is -0.0800. The largest absolute Gasteiger partial charge is 0.355 e. The van der Waals surface area contributed by atoms with E-state index in [0.717, 1.165) is 6.42 Å². The molecule has 2 atom stereocenters. The van der Waals surface area contributed by atoms with Crippen LogP contribution in [0.1, 0.15) is 19.3 Å². The summed E-state index contributed by atoms with van der Waals surface area (Å²) in [6.07, 6.45) is 3.56. The summed E-state index contributed by atoms with van der Waals surface area (Å²) < 4.78 is 0. The molecule has 1 aliphatic rings. The molecular formula is C5H13N2+. The van der Waals surface area contributed by atoms with Gasteiger partial charge in [0.15, 0.2) is 0 Å². The minimum absolute atomic E-state index is 0.461. The molecule has 0 aromatic rings. The summed E-state index contributed by atoms with van der Waals surface area (Å²) in [7, 11) is 0. The first-order valence-corrected chi connectivity index (χ1v) is 2.87. The quantitative estimate of drug-likeness (QED) is 0.408. The third-order valence-electron chi connectivity index (χ3n) is 1.58. The van der Waals surface area contributed by atoms with Gasteiger partial charge in [-0.05, 0) is 6.42 Å². The van der Waals surface area contributed by atoms with E-state index in [0.29, 0.717) is 12.1 Å². The van der Waals surface area contributed by atoms with Crippen LogP contribution in [0.25, 0.3) is 0 Å². The van der Waals surface area contributed by atoms with Crippen LogP contribution in [0.4, 0.5) is 0 Å². The van der Waals surface area contributed by atoms with E-state index in [4.69, 9.17) is 5.73 Å². The van der Waals surface area contributed by atoms with Crippen LogP contribution >= 0.6 is 0 Å². The Balaban J connectivity index is 2.26. The van der Waals surface area contributed by atoms with Gasteiger partial charge in [-0.2, -0.15) is 0 Å². The Labute approximate surface area is 43.9 Å². The number of hydrogen-bond acceptors (Lipinski definition) is 1. The molecular weight excluding hydrogens is 88.1 g/mol. The highest BCUT2D eigenvalue weighted by molar-refractivity contribution is 4.75. The van der Waals surface area contributed by atoms with Crippen LogP contribution < -0.4 is 11.5 Å². The molecule has 5 N–H and O–H groups in total. The number of nitrogens with two attached hydrogens (primary N) is 1. The lowest BCUT2D eigenvalue weighted by Crippen LogP contribution is -2.59. The molecule has 0 spiro atoms. The maximum Gasteiger partial charge on any atom is 0.0859 e. The summed E-state index contributed by atoms with van der Waals surface area (Å²) in [5.41, 5.74) is 9.49. The van der Waals surface area contributed by atoms with Crippen LogP contribution in [0, 0.1) is 0 Å². The van der Waals surface area contributed by atoms with Crippen molar-refractivity contribution in [3.8, 4) is 0 Å². The maximum atomic E-state index is 5.59. The van der Waals surface area contributed by atoms with Crippen molar-refractivity contribution in [1.29, 1.82) is 0 Å². The fourth-order valence-corrected chi connectivity index (χ4v) is 1.11. The zero-order chi connectivity index (χ0) is 5.28. The van der Waals surface area contributed by atoms with Crippen LogP contribution in [-0.4, -0.2) is 12.1 Å². The number of quaternary nitrogens is 1. The average Bonchev–Trinajstić information content (AvgIpc) is 1.87. The molecule has 0 heterocycles. The molecule has 2 nitrogen and oxygen atoms in total. The van der Waals surface area contributed by atoms with E-state index in [2.05, 4.69) is 5.73 Å². The van der Waals surface area contributed by atoms with E-state index in [-0.39, 0.29) is 0 Å². The lowest BCUT2D eigenvalue weighted by atomic mass is 10.2. The summed E-state index contributed by atoms with van der Waals surface area (Å²) in [4.78, 5) is 0. The Morgan fingerprint density at radius 3 is 2.29 bits per heavy atom. The van der Waals surface area contributed by atoms with Crippen LogP contribution in [0.2, 0.25) is 0 Å². The predicted molar refractivity (Wildman–Crippen MR) is 28.5 cm³/mol. The highest BCUT2D eigenvalue weighted by Crippen LogP contribution is 2.12. The topological polar surface area (TPSA) is 53.7 Å². The summed E-state index contributed by atoms with van der Waals surface area (Å²) in [6.45, 7) is 0. The molecule has 2 heteroatoms. The molecule has 0 amide bonds. The van der Waals surface area contributed by atoms with Gasteiger partial charge >= 0.3 is 0 Å². The van der Waals surface area contributed by atoms with E-state index < -0.39 is 0 Å². The highest BCUT2D eigenvalue weighted by atomic mass is 14.7. The molecule has 2 unspecified atom stereocenters. The van der Waals surface area contributed by atoms with Gasteiger partial charge in [-0.15, -0.1) is 0 Å². The van der Waals surface area contributed by atoms with Crippen LogP contribution in [0.15, 0.2) is 0 Å². The standard InChI is InChI=1S/C5H12N2/c6-4-1-2-5(7)3-4/h4-5H,1-3,6-7H2/p+1. The van der Waals surface area contributed by atoms with E-state index in [9.17, 15) is 0 Å². The van der Waals surface area contributed by atoms with E-state index in [1.165, 1.54) is 12.8 Å². The third kappa shape index (κ3) is 1.14. The molecule has 1 fully saturated rings. The lowest BCUT2D eigenvalue weighted by molar-refractivity contribution is -0.417. The first-order chi connectivity index (χ1) is 3.29. The van der Waals surface area contributed by atoms with Gasteiger partial charge in [0.05, 0.1) is 6.04 Å². The van der Waals surface area contributed by atoms with Crippen molar-refractivity contribution in [3.63, 3.8) is 0 Å². The first kappa shape index (κ1) is 5.06. The molecule has 0 bridgehead atoms. The first-order valence-electron chi connectivity index (χ1n) is 2.87. The second kappa shape index (κ2) is 1.80. The smallest absolute Gasteiger partial charge is 0.0859 e. The molecule has 7 heavy (non-hydrogen) atoms. The monoisotopic (exact) mass is 101 g/mol. The van der Waals surface area contributed by atoms with E-state index >= 15 is 0 Å². The number of rotatable bonds is 0. The SMILES string of the molecule is NC1CCC([NH3+])C1. The van der Waals surface area contributed by atoms with Gasteiger partial charge in [0.1, 0.15) is 0 Å². The fourth-order valence-electron chi connectivity index (χ4n) is 1.11. The molecule has 0 saturated heterocycles. The van der Waals surface area contributed by atoms with Crippen molar-refractivity contribution in [2.24, 2.45) is 5.73 Å². The second-order valence-electron chi connectivity index (χ2n) is 2.44. The van der Waals surface area contributed by atoms with Gasteiger partial charge in [0.25, 0.3) is 0 Å².